The van der Waals surface area contributed by atoms with Crippen molar-refractivity contribution >= 4 is 27.8 Å². The average molecular weight is 447 g/mol. The minimum Gasteiger partial charge on any atom is -0.459 e. The number of nitrogens with one attached hydrogen (secondary N) is 3. The number of rotatable bonds is 8. The molecule has 3 N–H and O–H groups in total. The van der Waals surface area contributed by atoms with E-state index in [0.29, 0.717) is 12.3 Å². The highest BCUT2D eigenvalue weighted by atomic mass is 79.9. The van der Waals surface area contributed by atoms with Crippen molar-refractivity contribution in [3.05, 3.63) is 58.0 Å². The molecule has 0 aliphatic heterocycles. The van der Waals surface area contributed by atoms with Crippen LogP contribution in [0.4, 0.5) is 0 Å². The molecule has 0 atom stereocenters. The topological polar surface area (TPSA) is 78.7 Å². The molecule has 1 aromatic heterocycles. The van der Waals surface area contributed by atoms with Gasteiger partial charge >= 0.3 is 0 Å². The fourth-order valence-electron chi connectivity index (χ4n) is 3.24. The summed E-state index contributed by atoms with van der Waals surface area (Å²) in [6.45, 7) is 4.00. The Morgan fingerprint density at radius 1 is 1.18 bits per heavy atom. The van der Waals surface area contributed by atoms with Gasteiger partial charge in [0.1, 0.15) is 0 Å². The summed E-state index contributed by atoms with van der Waals surface area (Å²) < 4.78 is 6.36. The van der Waals surface area contributed by atoms with E-state index in [1.54, 1.807) is 13.1 Å². The van der Waals surface area contributed by atoms with E-state index in [9.17, 15) is 4.79 Å². The van der Waals surface area contributed by atoms with Crippen LogP contribution in [0.5, 0.6) is 0 Å². The van der Waals surface area contributed by atoms with E-state index < -0.39 is 0 Å². The molecular weight excluding hydrogens is 420 g/mol. The molecule has 0 saturated heterocycles. The zero-order valence-corrected chi connectivity index (χ0v) is 17.9. The minimum atomic E-state index is -0.172. The fraction of sp³-hybridized carbons (Fsp3) is 0.429. The Morgan fingerprint density at radius 3 is 2.57 bits per heavy atom. The molecule has 1 saturated carbocycles. The summed E-state index contributed by atoms with van der Waals surface area (Å²) in [5, 5.41) is 9.62. The van der Waals surface area contributed by atoms with Crippen molar-refractivity contribution in [2.75, 3.05) is 26.7 Å². The molecule has 6 nitrogen and oxygen atoms in total. The summed E-state index contributed by atoms with van der Waals surface area (Å²) in [4.78, 5) is 16.3. The average Bonchev–Trinajstić information content (AvgIpc) is 3.36. The molecule has 0 spiro atoms. The van der Waals surface area contributed by atoms with Gasteiger partial charge in [0.15, 0.2) is 11.7 Å². The van der Waals surface area contributed by atoms with Gasteiger partial charge in [0.25, 0.3) is 5.91 Å². The molecule has 7 heteroatoms. The second-order valence-corrected chi connectivity index (χ2v) is 8.01. The van der Waals surface area contributed by atoms with Crippen LogP contribution < -0.4 is 16.0 Å². The Kier molecular flexibility index (Phi) is 6.78. The smallest absolute Gasteiger partial charge is 0.287 e. The van der Waals surface area contributed by atoms with Crippen molar-refractivity contribution in [1.82, 2.24) is 16.0 Å². The van der Waals surface area contributed by atoms with Crippen molar-refractivity contribution < 1.29 is 9.21 Å². The molecule has 0 unspecified atom stereocenters. The van der Waals surface area contributed by atoms with Crippen molar-refractivity contribution in [1.29, 1.82) is 0 Å². The van der Waals surface area contributed by atoms with Crippen LogP contribution in [0.15, 0.2) is 50.5 Å². The predicted molar refractivity (Wildman–Crippen MR) is 115 cm³/mol. The summed E-state index contributed by atoms with van der Waals surface area (Å²) in [5.41, 5.74) is 2.39. The van der Waals surface area contributed by atoms with Crippen LogP contribution in [0, 0.1) is 6.92 Å². The van der Waals surface area contributed by atoms with E-state index in [0.717, 1.165) is 31.0 Å². The van der Waals surface area contributed by atoms with Gasteiger partial charge in [-0.1, -0.05) is 34.1 Å². The molecule has 2 aromatic rings. The van der Waals surface area contributed by atoms with Crippen LogP contribution in [0.1, 0.15) is 40.9 Å². The summed E-state index contributed by atoms with van der Waals surface area (Å²) in [7, 11) is 1.77. The molecule has 1 aliphatic carbocycles. The van der Waals surface area contributed by atoms with E-state index in [4.69, 9.17) is 4.42 Å². The van der Waals surface area contributed by atoms with Gasteiger partial charge in [0.2, 0.25) is 0 Å². The Labute approximate surface area is 174 Å². The van der Waals surface area contributed by atoms with Gasteiger partial charge < -0.3 is 20.4 Å². The Morgan fingerprint density at radius 2 is 1.93 bits per heavy atom. The summed E-state index contributed by atoms with van der Waals surface area (Å²) in [6, 6.07) is 10.2. The molecule has 1 amide bonds. The Balaban J connectivity index is 1.38. The second-order valence-electron chi connectivity index (χ2n) is 7.15. The van der Waals surface area contributed by atoms with Gasteiger partial charge in [-0.15, -0.1) is 0 Å². The third-order valence-corrected chi connectivity index (χ3v) is 5.81. The molecule has 3 rings (SSSR count). The number of halogens is 1. The zero-order valence-electron chi connectivity index (χ0n) is 16.3. The predicted octanol–water partition coefficient (Wildman–Crippen LogP) is 3.37. The van der Waals surface area contributed by atoms with Gasteiger partial charge in [-0.2, -0.15) is 0 Å². The first-order valence-corrected chi connectivity index (χ1v) is 10.4. The van der Waals surface area contributed by atoms with Crippen LogP contribution in [-0.2, 0) is 5.41 Å². The van der Waals surface area contributed by atoms with Crippen molar-refractivity contribution in [2.45, 2.75) is 31.6 Å². The number of aliphatic imine (C=N–C) groups is 1. The quantitative estimate of drug-likeness (QED) is 0.330. The van der Waals surface area contributed by atoms with Crippen LogP contribution in [0.2, 0.25) is 0 Å². The molecule has 1 fully saturated rings. The SMILES string of the molecule is CN=C(NCCCNC(=O)c1occc1C)NCC1(c2ccccc2Br)CC1. The number of guanidine groups is 1. The molecule has 0 radical (unpaired) electrons. The number of carbonyl (C=O) groups is 1. The number of hydrogen-bond acceptors (Lipinski definition) is 3. The number of hydrogen-bond donors (Lipinski definition) is 3. The number of carbonyl (C=O) groups excluding carboxylic acids is 1. The lowest BCUT2D eigenvalue weighted by molar-refractivity contribution is 0.0925. The normalized spacial score (nSPS) is 15.2. The van der Waals surface area contributed by atoms with Crippen LogP contribution >= 0.6 is 15.9 Å². The zero-order chi connectivity index (χ0) is 20.0. The lowest BCUT2D eigenvalue weighted by atomic mass is 9.96. The Bertz CT molecular complexity index is 842. The van der Waals surface area contributed by atoms with Gasteiger partial charge in [-0.25, -0.2) is 0 Å². The van der Waals surface area contributed by atoms with Crippen molar-refractivity contribution in [2.24, 2.45) is 4.99 Å². The fourth-order valence-corrected chi connectivity index (χ4v) is 3.95. The largest absolute Gasteiger partial charge is 0.459 e. The van der Waals surface area contributed by atoms with Crippen LogP contribution in [0.3, 0.4) is 0 Å². The van der Waals surface area contributed by atoms with E-state index >= 15 is 0 Å². The van der Waals surface area contributed by atoms with Crippen molar-refractivity contribution in [3.8, 4) is 0 Å². The lowest BCUT2D eigenvalue weighted by Gasteiger charge is -2.20. The molecule has 1 aromatic carbocycles. The maximum absolute atomic E-state index is 12.0. The van der Waals surface area contributed by atoms with Crippen LogP contribution in [-0.4, -0.2) is 38.5 Å². The van der Waals surface area contributed by atoms with Crippen LogP contribution in [0.25, 0.3) is 0 Å². The monoisotopic (exact) mass is 446 g/mol. The molecule has 0 bridgehead atoms. The van der Waals surface area contributed by atoms with E-state index in [1.165, 1.54) is 29.1 Å². The third-order valence-electron chi connectivity index (χ3n) is 5.12. The second kappa shape index (κ2) is 9.28. The Hall–Kier alpha value is -2.28. The van der Waals surface area contributed by atoms with Gasteiger partial charge in [-0.3, -0.25) is 9.79 Å². The van der Waals surface area contributed by atoms with E-state index in [-0.39, 0.29) is 11.3 Å². The third kappa shape index (κ3) is 4.95. The highest BCUT2D eigenvalue weighted by molar-refractivity contribution is 9.10. The summed E-state index contributed by atoms with van der Waals surface area (Å²) >= 11 is 3.67. The molecule has 28 heavy (non-hydrogen) atoms. The number of aryl methyl sites for hydroxylation is 1. The first-order valence-electron chi connectivity index (χ1n) is 9.57. The standard InChI is InChI=1S/C21H27BrN4O2/c1-15-8-13-28-18(15)19(27)24-11-5-12-25-20(23-2)26-14-21(9-10-21)16-6-3-4-7-17(16)22/h3-4,6-8,13H,5,9-12,14H2,1-2H3,(H,24,27)(H2,23,25,26). The maximum atomic E-state index is 12.0. The summed E-state index contributed by atoms with van der Waals surface area (Å²) in [5.74, 6) is 0.993. The molecule has 1 aliphatic rings. The van der Waals surface area contributed by atoms with Gasteiger partial charge in [0, 0.05) is 42.1 Å². The number of nitrogens with zero attached hydrogens (tertiary/aromatic N) is 1. The molecule has 1 heterocycles. The highest BCUT2D eigenvalue weighted by Crippen LogP contribution is 2.49. The lowest BCUT2D eigenvalue weighted by Crippen LogP contribution is -2.42. The highest BCUT2D eigenvalue weighted by Gasteiger charge is 2.45. The molecule has 150 valence electrons. The number of benzene rings is 1. The van der Waals surface area contributed by atoms with Gasteiger partial charge in [-0.05, 0) is 43.9 Å². The minimum absolute atomic E-state index is 0.172. The van der Waals surface area contributed by atoms with E-state index in [2.05, 4.69) is 55.1 Å². The van der Waals surface area contributed by atoms with Crippen molar-refractivity contribution in [3.63, 3.8) is 0 Å². The molecular formula is C21H27BrN4O2. The van der Waals surface area contributed by atoms with E-state index in [1.807, 2.05) is 13.0 Å². The summed E-state index contributed by atoms with van der Waals surface area (Å²) in [6.07, 6.45) is 4.68. The van der Waals surface area contributed by atoms with Gasteiger partial charge in [0.05, 0.1) is 6.26 Å². The first kappa shape index (κ1) is 20.5. The number of amides is 1. The first-order chi connectivity index (χ1) is 13.6. The number of furan rings is 1. The maximum Gasteiger partial charge on any atom is 0.287 e.